The van der Waals surface area contributed by atoms with Crippen molar-refractivity contribution in [3.63, 3.8) is 0 Å². The highest BCUT2D eigenvalue weighted by Crippen LogP contribution is 2.19. The van der Waals surface area contributed by atoms with Crippen molar-refractivity contribution < 1.29 is 33.3 Å². The monoisotopic (exact) mass is 574 g/mol. The van der Waals surface area contributed by atoms with Gasteiger partial charge in [0, 0.05) is 17.5 Å². The summed E-state index contributed by atoms with van der Waals surface area (Å²) < 4.78 is 21.5. The molecular formula is C33H38N2O7. The Morgan fingerprint density at radius 1 is 0.667 bits per heavy atom. The second-order valence-electron chi connectivity index (χ2n) is 9.62. The molecule has 9 nitrogen and oxygen atoms in total. The maximum atomic E-state index is 12.3. The number of benzene rings is 3. The molecular weight excluding hydrogens is 536 g/mol. The molecule has 0 aromatic heterocycles. The van der Waals surface area contributed by atoms with E-state index in [1.807, 2.05) is 0 Å². The molecule has 9 heteroatoms. The second-order valence-corrected chi connectivity index (χ2v) is 9.62. The van der Waals surface area contributed by atoms with Crippen LogP contribution in [0.5, 0.6) is 11.5 Å². The first-order valence-corrected chi connectivity index (χ1v) is 14.1. The van der Waals surface area contributed by atoms with E-state index < -0.39 is 17.9 Å². The minimum Gasteiger partial charge on any atom is -0.494 e. The molecule has 0 unspecified atom stereocenters. The summed E-state index contributed by atoms with van der Waals surface area (Å²) in [6.07, 6.45) is 8.18. The van der Waals surface area contributed by atoms with Crippen LogP contribution in [0.3, 0.4) is 0 Å². The number of carbonyl (C=O) groups is 3. The van der Waals surface area contributed by atoms with Crippen molar-refractivity contribution in [2.24, 2.45) is 0 Å². The van der Waals surface area contributed by atoms with Crippen molar-refractivity contribution in [2.75, 3.05) is 31.3 Å². The zero-order chi connectivity index (χ0) is 30.2. The second kappa shape index (κ2) is 17.1. The van der Waals surface area contributed by atoms with Gasteiger partial charge in [0.1, 0.15) is 11.5 Å². The molecule has 0 fully saturated rings. The van der Waals surface area contributed by atoms with E-state index in [-0.39, 0.29) is 13.2 Å². The highest BCUT2D eigenvalue weighted by Gasteiger charge is 2.10. The van der Waals surface area contributed by atoms with Crippen LogP contribution in [0.15, 0.2) is 72.8 Å². The van der Waals surface area contributed by atoms with Gasteiger partial charge in [0.05, 0.1) is 30.9 Å². The number of unbranched alkanes of at least 4 members (excludes halogenated alkanes) is 4. The smallest absolute Gasteiger partial charge is 0.338 e. The fourth-order valence-corrected chi connectivity index (χ4v) is 3.86. The van der Waals surface area contributed by atoms with E-state index >= 15 is 0 Å². The van der Waals surface area contributed by atoms with Crippen LogP contribution in [0.25, 0.3) is 6.08 Å². The van der Waals surface area contributed by atoms with Gasteiger partial charge < -0.3 is 30.4 Å². The van der Waals surface area contributed by atoms with E-state index in [9.17, 15) is 14.4 Å². The summed E-state index contributed by atoms with van der Waals surface area (Å²) in [6, 6.07) is 18.2. The molecule has 3 rings (SSSR count). The van der Waals surface area contributed by atoms with Gasteiger partial charge in [-0.25, -0.2) is 14.4 Å². The first-order valence-electron chi connectivity index (χ1n) is 14.1. The molecule has 42 heavy (non-hydrogen) atoms. The van der Waals surface area contributed by atoms with E-state index in [4.69, 9.17) is 30.4 Å². The third-order valence-electron chi connectivity index (χ3n) is 6.09. The van der Waals surface area contributed by atoms with E-state index in [2.05, 4.69) is 6.92 Å². The zero-order valence-corrected chi connectivity index (χ0v) is 23.9. The molecule has 0 spiro atoms. The van der Waals surface area contributed by atoms with Crippen LogP contribution in [0.1, 0.15) is 71.7 Å². The summed E-state index contributed by atoms with van der Waals surface area (Å²) in [7, 11) is 0. The maximum absolute atomic E-state index is 12.3. The average Bonchev–Trinajstić information content (AvgIpc) is 2.98. The van der Waals surface area contributed by atoms with Gasteiger partial charge in [0.15, 0.2) is 0 Å². The van der Waals surface area contributed by atoms with Crippen molar-refractivity contribution in [3.8, 4) is 11.5 Å². The highest BCUT2D eigenvalue weighted by molar-refractivity contribution is 5.92. The molecule has 3 aromatic carbocycles. The van der Waals surface area contributed by atoms with Gasteiger partial charge in [-0.05, 0) is 91.9 Å². The summed E-state index contributed by atoms with van der Waals surface area (Å²) in [5.41, 5.74) is 13.6. The number of anilines is 2. The number of hydrogen-bond acceptors (Lipinski definition) is 9. The summed E-state index contributed by atoms with van der Waals surface area (Å²) >= 11 is 0. The summed E-state index contributed by atoms with van der Waals surface area (Å²) in [5, 5.41) is 0. The zero-order valence-electron chi connectivity index (χ0n) is 23.9. The lowest BCUT2D eigenvalue weighted by Crippen LogP contribution is -2.09. The number of ether oxygens (including phenoxy) is 4. The Hall–Kier alpha value is -4.79. The largest absolute Gasteiger partial charge is 0.494 e. The molecule has 3 aromatic rings. The minimum absolute atomic E-state index is 0.241. The number of hydrogen-bond donors (Lipinski definition) is 2. The van der Waals surface area contributed by atoms with Crippen LogP contribution in [0.2, 0.25) is 0 Å². The number of nitrogen functional groups attached to an aromatic ring is 2. The van der Waals surface area contributed by atoms with Crippen molar-refractivity contribution in [2.45, 2.75) is 45.4 Å². The summed E-state index contributed by atoms with van der Waals surface area (Å²) in [6.45, 7) is 3.29. The predicted octanol–water partition coefficient (Wildman–Crippen LogP) is 6.22. The van der Waals surface area contributed by atoms with Crippen LogP contribution in [-0.4, -0.2) is 37.7 Å². The summed E-state index contributed by atoms with van der Waals surface area (Å²) in [4.78, 5) is 36.6. The number of esters is 3. The fraction of sp³-hybridized carbons (Fsp3) is 0.303. The van der Waals surface area contributed by atoms with Crippen LogP contribution in [0, 0.1) is 0 Å². The minimum atomic E-state index is -0.515. The third-order valence-corrected chi connectivity index (χ3v) is 6.09. The molecule has 0 aliphatic carbocycles. The lowest BCUT2D eigenvalue weighted by Gasteiger charge is -2.07. The summed E-state index contributed by atoms with van der Waals surface area (Å²) in [5.74, 6) is -0.273. The SMILES string of the molecule is CCCCCOc1ccc(OC(=O)C=Cc2ccc(C(=O)OCCCCCOC(=O)c3cc(N)cc(N)c3)cc2)cc1. The van der Waals surface area contributed by atoms with E-state index in [1.54, 1.807) is 60.7 Å². The van der Waals surface area contributed by atoms with Crippen LogP contribution < -0.4 is 20.9 Å². The van der Waals surface area contributed by atoms with E-state index in [0.717, 1.165) is 37.0 Å². The van der Waals surface area contributed by atoms with E-state index in [1.165, 1.54) is 18.2 Å². The normalized spacial score (nSPS) is 10.8. The Bertz CT molecular complexity index is 1320. The fourth-order valence-electron chi connectivity index (χ4n) is 3.86. The Morgan fingerprint density at radius 2 is 1.24 bits per heavy atom. The van der Waals surface area contributed by atoms with Gasteiger partial charge in [-0.15, -0.1) is 0 Å². The first kappa shape index (κ1) is 31.7. The topological polar surface area (TPSA) is 140 Å². The molecule has 0 saturated heterocycles. The standard InChI is InChI=1S/C33H38N2O7/c1-2-3-5-18-39-29-13-15-30(16-14-29)42-31(36)17-10-24-8-11-25(12-9-24)32(37)40-19-6-4-7-20-41-33(38)26-21-27(34)23-28(35)22-26/h8-17,21-23H,2-7,18-20,34-35H2,1H3. The number of rotatable bonds is 16. The first-order chi connectivity index (χ1) is 20.3. The number of carbonyl (C=O) groups excluding carboxylic acids is 3. The maximum Gasteiger partial charge on any atom is 0.338 e. The number of nitrogens with two attached hydrogens (primary N) is 2. The lowest BCUT2D eigenvalue weighted by molar-refractivity contribution is -0.128. The molecule has 0 bridgehead atoms. The van der Waals surface area contributed by atoms with E-state index in [0.29, 0.717) is 47.7 Å². The van der Waals surface area contributed by atoms with Gasteiger partial charge in [-0.3, -0.25) is 0 Å². The van der Waals surface area contributed by atoms with Crippen LogP contribution >= 0.6 is 0 Å². The molecule has 222 valence electrons. The molecule has 4 N–H and O–H groups in total. The molecule has 0 radical (unpaired) electrons. The van der Waals surface area contributed by atoms with Gasteiger partial charge in [0.2, 0.25) is 0 Å². The molecule has 0 heterocycles. The molecule has 0 aliphatic rings. The third kappa shape index (κ3) is 11.4. The average molecular weight is 575 g/mol. The van der Waals surface area contributed by atoms with Crippen molar-refractivity contribution >= 4 is 35.4 Å². The molecule has 0 aliphatic heterocycles. The molecule has 0 amide bonds. The molecule has 0 atom stereocenters. The Balaban J connectivity index is 1.31. The predicted molar refractivity (Wildman–Crippen MR) is 162 cm³/mol. The lowest BCUT2D eigenvalue weighted by atomic mass is 10.1. The quantitative estimate of drug-likeness (QED) is 0.0670. The van der Waals surface area contributed by atoms with Crippen LogP contribution in [-0.2, 0) is 14.3 Å². The van der Waals surface area contributed by atoms with Crippen molar-refractivity contribution in [3.05, 3.63) is 89.5 Å². The highest BCUT2D eigenvalue weighted by atomic mass is 16.5. The Morgan fingerprint density at radius 3 is 1.86 bits per heavy atom. The van der Waals surface area contributed by atoms with Crippen LogP contribution in [0.4, 0.5) is 11.4 Å². The van der Waals surface area contributed by atoms with Gasteiger partial charge >= 0.3 is 17.9 Å². The Kier molecular flexibility index (Phi) is 12.9. The van der Waals surface area contributed by atoms with Gasteiger partial charge in [0.25, 0.3) is 0 Å². The molecule has 0 saturated carbocycles. The Labute approximate surface area is 246 Å². The van der Waals surface area contributed by atoms with Gasteiger partial charge in [-0.1, -0.05) is 31.9 Å². The van der Waals surface area contributed by atoms with Crippen molar-refractivity contribution in [1.82, 2.24) is 0 Å². The van der Waals surface area contributed by atoms with Gasteiger partial charge in [-0.2, -0.15) is 0 Å². The van der Waals surface area contributed by atoms with Crippen molar-refractivity contribution in [1.29, 1.82) is 0 Å².